The van der Waals surface area contributed by atoms with Crippen molar-refractivity contribution in [2.75, 3.05) is 11.5 Å². The number of pyridine rings is 1. The molecular formula is C12H9ClN4S. The zero-order chi connectivity index (χ0) is 12.7. The van der Waals surface area contributed by atoms with Crippen molar-refractivity contribution >= 4 is 44.1 Å². The van der Waals surface area contributed by atoms with E-state index in [-0.39, 0.29) is 0 Å². The number of benzene rings is 1. The van der Waals surface area contributed by atoms with Crippen molar-refractivity contribution in [3.8, 4) is 11.1 Å². The molecular weight excluding hydrogens is 268 g/mol. The van der Waals surface area contributed by atoms with E-state index < -0.39 is 0 Å². The van der Waals surface area contributed by atoms with Gasteiger partial charge in [-0.05, 0) is 12.1 Å². The van der Waals surface area contributed by atoms with Crippen LogP contribution in [0.4, 0.5) is 10.9 Å². The molecule has 0 aliphatic heterocycles. The molecule has 4 nitrogen and oxygen atoms in total. The summed E-state index contributed by atoms with van der Waals surface area (Å²) in [5, 5.41) is 1.08. The van der Waals surface area contributed by atoms with E-state index in [0.717, 1.165) is 21.3 Å². The first-order chi connectivity index (χ1) is 8.65. The van der Waals surface area contributed by atoms with Gasteiger partial charge in [0.2, 0.25) is 0 Å². The molecule has 0 amide bonds. The Morgan fingerprint density at radius 3 is 2.83 bits per heavy atom. The first-order valence-electron chi connectivity index (χ1n) is 5.21. The molecule has 0 spiro atoms. The van der Waals surface area contributed by atoms with Gasteiger partial charge in [0.25, 0.3) is 0 Å². The number of hydrogen-bond donors (Lipinski definition) is 2. The quantitative estimate of drug-likeness (QED) is 0.715. The highest BCUT2D eigenvalue weighted by molar-refractivity contribution is 7.22. The lowest BCUT2D eigenvalue weighted by Gasteiger charge is -2.05. The molecule has 3 aromatic rings. The number of thiazole rings is 1. The minimum absolute atomic E-state index is 0.426. The van der Waals surface area contributed by atoms with Crippen molar-refractivity contribution in [1.29, 1.82) is 0 Å². The van der Waals surface area contributed by atoms with E-state index in [1.807, 2.05) is 18.2 Å². The van der Waals surface area contributed by atoms with E-state index in [1.165, 1.54) is 11.3 Å². The standard InChI is InChI=1S/C12H9ClN4S/c13-8-5-16-10(14)4-7(8)6-2-1-3-9-11(6)17-12(15)18-9/h1-5H,(H2,14,16)(H2,15,17). The van der Waals surface area contributed by atoms with Crippen LogP contribution < -0.4 is 11.5 Å². The Kier molecular flexibility index (Phi) is 2.57. The van der Waals surface area contributed by atoms with Gasteiger partial charge in [0.1, 0.15) is 5.82 Å². The number of para-hydroxylation sites is 1. The van der Waals surface area contributed by atoms with Gasteiger partial charge in [-0.15, -0.1) is 0 Å². The van der Waals surface area contributed by atoms with E-state index in [9.17, 15) is 0 Å². The van der Waals surface area contributed by atoms with Crippen LogP contribution in [-0.2, 0) is 0 Å². The molecule has 0 radical (unpaired) electrons. The van der Waals surface area contributed by atoms with Gasteiger partial charge >= 0.3 is 0 Å². The van der Waals surface area contributed by atoms with Crippen LogP contribution in [0, 0.1) is 0 Å². The summed E-state index contributed by atoms with van der Waals surface area (Å²) in [6, 6.07) is 7.61. The van der Waals surface area contributed by atoms with Crippen molar-refractivity contribution in [2.24, 2.45) is 0 Å². The predicted molar refractivity (Wildman–Crippen MR) is 76.7 cm³/mol. The number of halogens is 1. The lowest BCUT2D eigenvalue weighted by Crippen LogP contribution is -1.91. The highest BCUT2D eigenvalue weighted by Gasteiger charge is 2.11. The Bertz CT molecular complexity index is 738. The smallest absolute Gasteiger partial charge is 0.181 e. The molecule has 0 saturated heterocycles. The Balaban J connectivity index is 2.34. The third-order valence-corrected chi connectivity index (χ3v) is 3.75. The topological polar surface area (TPSA) is 77.8 Å². The molecule has 0 saturated carbocycles. The summed E-state index contributed by atoms with van der Waals surface area (Å²) in [5.41, 5.74) is 14.0. The Hall–Kier alpha value is -1.85. The molecule has 0 unspecified atom stereocenters. The number of rotatable bonds is 1. The van der Waals surface area contributed by atoms with Gasteiger partial charge in [-0.2, -0.15) is 0 Å². The second-order valence-corrected chi connectivity index (χ2v) is 5.26. The molecule has 0 aliphatic rings. The summed E-state index contributed by atoms with van der Waals surface area (Å²) in [6.07, 6.45) is 1.54. The zero-order valence-corrected chi connectivity index (χ0v) is 10.8. The summed E-state index contributed by atoms with van der Waals surface area (Å²) in [6.45, 7) is 0. The largest absolute Gasteiger partial charge is 0.384 e. The molecule has 18 heavy (non-hydrogen) atoms. The molecule has 4 N–H and O–H groups in total. The van der Waals surface area contributed by atoms with Crippen molar-refractivity contribution in [3.05, 3.63) is 35.5 Å². The van der Waals surface area contributed by atoms with E-state index in [1.54, 1.807) is 12.3 Å². The lowest BCUT2D eigenvalue weighted by atomic mass is 10.1. The SMILES string of the molecule is Nc1cc(-c2cccc3sc(N)nc23)c(Cl)cn1. The average molecular weight is 277 g/mol. The van der Waals surface area contributed by atoms with Crippen LogP contribution in [-0.4, -0.2) is 9.97 Å². The molecule has 90 valence electrons. The number of nitrogens with zero attached hydrogens (tertiary/aromatic N) is 2. The molecule has 2 heterocycles. The monoisotopic (exact) mass is 276 g/mol. The van der Waals surface area contributed by atoms with Crippen LogP contribution >= 0.6 is 22.9 Å². The van der Waals surface area contributed by atoms with Crippen molar-refractivity contribution in [1.82, 2.24) is 9.97 Å². The summed E-state index contributed by atoms with van der Waals surface area (Å²) in [4.78, 5) is 8.29. The number of aromatic nitrogens is 2. The third-order valence-electron chi connectivity index (χ3n) is 2.60. The highest BCUT2D eigenvalue weighted by atomic mass is 35.5. The Labute approximate surface area is 112 Å². The molecule has 0 fully saturated rings. The fourth-order valence-corrected chi connectivity index (χ4v) is 2.81. The van der Waals surface area contributed by atoms with Gasteiger partial charge < -0.3 is 11.5 Å². The van der Waals surface area contributed by atoms with E-state index in [2.05, 4.69) is 9.97 Å². The van der Waals surface area contributed by atoms with E-state index in [4.69, 9.17) is 23.1 Å². The van der Waals surface area contributed by atoms with Crippen LogP contribution in [0.2, 0.25) is 5.02 Å². The van der Waals surface area contributed by atoms with Crippen molar-refractivity contribution < 1.29 is 0 Å². The van der Waals surface area contributed by atoms with Gasteiger partial charge in [-0.25, -0.2) is 9.97 Å². The van der Waals surface area contributed by atoms with Crippen LogP contribution in [0.25, 0.3) is 21.3 Å². The maximum absolute atomic E-state index is 6.16. The van der Waals surface area contributed by atoms with E-state index >= 15 is 0 Å². The number of nitrogen functional groups attached to an aromatic ring is 2. The van der Waals surface area contributed by atoms with Crippen LogP contribution in [0.3, 0.4) is 0 Å². The number of anilines is 2. The second-order valence-electron chi connectivity index (χ2n) is 3.79. The Morgan fingerprint density at radius 2 is 2.00 bits per heavy atom. The maximum atomic E-state index is 6.16. The van der Waals surface area contributed by atoms with Crippen LogP contribution in [0.5, 0.6) is 0 Å². The van der Waals surface area contributed by atoms with E-state index in [0.29, 0.717) is 16.0 Å². The summed E-state index contributed by atoms with van der Waals surface area (Å²) >= 11 is 7.61. The predicted octanol–water partition coefficient (Wildman–Crippen LogP) is 3.18. The zero-order valence-electron chi connectivity index (χ0n) is 9.22. The molecule has 0 aliphatic carbocycles. The third kappa shape index (κ3) is 1.77. The molecule has 2 aromatic heterocycles. The fraction of sp³-hybridized carbons (Fsp3) is 0. The van der Waals surface area contributed by atoms with Gasteiger partial charge in [0.05, 0.1) is 15.2 Å². The number of nitrogens with two attached hydrogens (primary N) is 2. The molecule has 0 bridgehead atoms. The number of hydrogen-bond acceptors (Lipinski definition) is 5. The minimum Gasteiger partial charge on any atom is -0.384 e. The molecule has 0 atom stereocenters. The summed E-state index contributed by atoms with van der Waals surface area (Å²) < 4.78 is 1.02. The van der Waals surface area contributed by atoms with Gasteiger partial charge in [-0.3, -0.25) is 0 Å². The van der Waals surface area contributed by atoms with Crippen LogP contribution in [0.15, 0.2) is 30.5 Å². The molecule has 6 heteroatoms. The average Bonchev–Trinajstić information content (AvgIpc) is 2.72. The second kappa shape index (κ2) is 4.12. The van der Waals surface area contributed by atoms with Gasteiger partial charge in [0.15, 0.2) is 5.13 Å². The first kappa shape index (κ1) is 11.3. The fourth-order valence-electron chi connectivity index (χ4n) is 1.84. The van der Waals surface area contributed by atoms with Crippen molar-refractivity contribution in [2.45, 2.75) is 0 Å². The van der Waals surface area contributed by atoms with Gasteiger partial charge in [0, 0.05) is 17.3 Å². The van der Waals surface area contributed by atoms with Gasteiger partial charge in [-0.1, -0.05) is 35.1 Å². The number of fused-ring (bicyclic) bond motifs is 1. The minimum atomic E-state index is 0.426. The van der Waals surface area contributed by atoms with Crippen molar-refractivity contribution in [3.63, 3.8) is 0 Å². The normalized spacial score (nSPS) is 10.9. The maximum Gasteiger partial charge on any atom is 0.181 e. The van der Waals surface area contributed by atoms with Crippen LogP contribution in [0.1, 0.15) is 0 Å². The molecule has 1 aromatic carbocycles. The Morgan fingerprint density at radius 1 is 1.17 bits per heavy atom. The lowest BCUT2D eigenvalue weighted by molar-refractivity contribution is 1.34. The first-order valence-corrected chi connectivity index (χ1v) is 6.41. The molecule has 3 rings (SSSR count). The summed E-state index contributed by atoms with van der Waals surface area (Å²) in [7, 11) is 0. The summed E-state index contributed by atoms with van der Waals surface area (Å²) in [5.74, 6) is 0.426. The highest BCUT2D eigenvalue weighted by Crippen LogP contribution is 2.36.